The van der Waals surface area contributed by atoms with Crippen molar-refractivity contribution >= 4 is 5.91 Å². The molecule has 2 fully saturated rings. The van der Waals surface area contributed by atoms with Gasteiger partial charge < -0.3 is 9.64 Å². The minimum Gasteiger partial charge on any atom is -0.376 e. The van der Waals surface area contributed by atoms with Crippen molar-refractivity contribution in [1.29, 1.82) is 0 Å². The van der Waals surface area contributed by atoms with Gasteiger partial charge in [0.05, 0.1) is 12.1 Å². The van der Waals surface area contributed by atoms with Crippen molar-refractivity contribution in [2.24, 2.45) is 0 Å². The number of hydrogen-bond acceptors (Lipinski definition) is 3. The topological polar surface area (TPSA) is 41.6 Å². The van der Waals surface area contributed by atoms with Gasteiger partial charge in [0.1, 0.15) is 12.0 Å². The third-order valence-corrected chi connectivity index (χ3v) is 3.96. The van der Waals surface area contributed by atoms with Crippen molar-refractivity contribution in [3.05, 3.63) is 35.6 Å². The highest BCUT2D eigenvalue weighted by Gasteiger charge is 2.38. The van der Waals surface area contributed by atoms with Crippen LogP contribution in [-0.4, -0.2) is 36.1 Å². The fourth-order valence-electron chi connectivity index (χ4n) is 2.93. The molecular formula is C15H19FN2O2. The van der Waals surface area contributed by atoms with Gasteiger partial charge in [-0.15, -0.1) is 0 Å². The first-order valence-electron chi connectivity index (χ1n) is 7.09. The molecule has 3 rings (SSSR count). The summed E-state index contributed by atoms with van der Waals surface area (Å²) in [5, 5.41) is 3.23. The smallest absolute Gasteiger partial charge is 0.241 e. The summed E-state index contributed by atoms with van der Waals surface area (Å²) in [6.45, 7) is 3.17. The van der Waals surface area contributed by atoms with Gasteiger partial charge >= 0.3 is 0 Å². The van der Waals surface area contributed by atoms with Crippen LogP contribution in [0.3, 0.4) is 0 Å². The highest BCUT2D eigenvalue weighted by Crippen LogP contribution is 2.27. The normalized spacial score (nSPS) is 30.2. The molecule has 2 heterocycles. The molecular weight excluding hydrogens is 259 g/mol. The van der Waals surface area contributed by atoms with Crippen LogP contribution >= 0.6 is 0 Å². The van der Waals surface area contributed by atoms with Crippen LogP contribution in [-0.2, 0) is 9.53 Å². The van der Waals surface area contributed by atoms with E-state index in [9.17, 15) is 9.18 Å². The van der Waals surface area contributed by atoms with Crippen LogP contribution in [0.4, 0.5) is 4.39 Å². The number of rotatable bonds is 3. The summed E-state index contributed by atoms with van der Waals surface area (Å²) in [6.07, 6.45) is 1.86. The van der Waals surface area contributed by atoms with Gasteiger partial charge in [0.25, 0.3) is 0 Å². The number of nitrogens with one attached hydrogen (secondary N) is 1. The molecule has 0 spiro atoms. The summed E-state index contributed by atoms with van der Waals surface area (Å²) in [5.74, 6) is -0.233. The second-order valence-corrected chi connectivity index (χ2v) is 5.47. The van der Waals surface area contributed by atoms with Crippen LogP contribution in [0.1, 0.15) is 31.5 Å². The van der Waals surface area contributed by atoms with Crippen LogP contribution < -0.4 is 5.32 Å². The second-order valence-electron chi connectivity index (χ2n) is 5.47. The Hall–Kier alpha value is -1.46. The molecule has 1 N–H and O–H groups in total. The van der Waals surface area contributed by atoms with Crippen molar-refractivity contribution in [2.75, 3.05) is 13.2 Å². The molecule has 1 aromatic carbocycles. The maximum Gasteiger partial charge on any atom is 0.241 e. The van der Waals surface area contributed by atoms with Crippen molar-refractivity contribution < 1.29 is 13.9 Å². The number of carbonyl (C=O) groups is 1. The minimum absolute atomic E-state index is 0.0507. The van der Waals surface area contributed by atoms with E-state index in [-0.39, 0.29) is 30.0 Å². The lowest BCUT2D eigenvalue weighted by atomic mass is 10.1. The molecule has 0 bridgehead atoms. The number of benzene rings is 1. The van der Waals surface area contributed by atoms with Crippen molar-refractivity contribution in [3.63, 3.8) is 0 Å². The Morgan fingerprint density at radius 2 is 2.35 bits per heavy atom. The molecule has 1 aromatic rings. The summed E-state index contributed by atoms with van der Waals surface area (Å²) in [6, 6.07) is 6.16. The standard InChI is InChI=1S/C15H19FN2O2/c1-10-15(19)18(9-13-6-3-7-20-13)14(17-10)11-4-2-5-12(16)8-11/h2,4-5,8,10,13-14,17H,3,6-7,9H2,1H3. The molecule has 4 nitrogen and oxygen atoms in total. The summed E-state index contributed by atoms with van der Waals surface area (Å²) < 4.78 is 19.0. The van der Waals surface area contributed by atoms with E-state index >= 15 is 0 Å². The Kier molecular flexibility index (Phi) is 3.72. The Morgan fingerprint density at radius 3 is 3.05 bits per heavy atom. The first-order chi connectivity index (χ1) is 9.65. The number of amides is 1. The summed E-state index contributed by atoms with van der Waals surface area (Å²) >= 11 is 0. The van der Waals surface area contributed by atoms with Crippen LogP contribution in [0.15, 0.2) is 24.3 Å². The van der Waals surface area contributed by atoms with Gasteiger partial charge in [0, 0.05) is 13.2 Å². The van der Waals surface area contributed by atoms with Gasteiger partial charge in [0.15, 0.2) is 0 Å². The molecule has 0 aliphatic carbocycles. The van der Waals surface area contributed by atoms with Gasteiger partial charge in [0.2, 0.25) is 5.91 Å². The highest BCUT2D eigenvalue weighted by atomic mass is 19.1. The highest BCUT2D eigenvalue weighted by molar-refractivity contribution is 5.84. The van der Waals surface area contributed by atoms with Gasteiger partial charge in [-0.25, -0.2) is 4.39 Å². The number of halogens is 1. The number of ether oxygens (including phenoxy) is 1. The fraction of sp³-hybridized carbons (Fsp3) is 0.533. The third kappa shape index (κ3) is 2.55. The van der Waals surface area contributed by atoms with Crippen LogP contribution in [0.25, 0.3) is 0 Å². The SMILES string of the molecule is CC1NC(c2cccc(F)c2)N(CC2CCCO2)C1=O. The molecule has 2 aliphatic rings. The van der Waals surface area contributed by atoms with E-state index < -0.39 is 0 Å². The Labute approximate surface area is 117 Å². The first-order valence-corrected chi connectivity index (χ1v) is 7.09. The molecule has 20 heavy (non-hydrogen) atoms. The Morgan fingerprint density at radius 1 is 1.50 bits per heavy atom. The van der Waals surface area contributed by atoms with Gasteiger partial charge in [-0.05, 0) is 37.5 Å². The van der Waals surface area contributed by atoms with E-state index in [1.54, 1.807) is 11.0 Å². The maximum atomic E-state index is 13.4. The summed E-state index contributed by atoms with van der Waals surface area (Å²) in [7, 11) is 0. The quantitative estimate of drug-likeness (QED) is 0.917. The zero-order chi connectivity index (χ0) is 14.1. The Bertz CT molecular complexity index is 502. The molecule has 2 saturated heterocycles. The fourth-order valence-corrected chi connectivity index (χ4v) is 2.93. The van der Waals surface area contributed by atoms with Crippen molar-refractivity contribution in [3.8, 4) is 0 Å². The number of carbonyl (C=O) groups excluding carboxylic acids is 1. The second kappa shape index (κ2) is 5.50. The molecule has 3 atom stereocenters. The first kappa shape index (κ1) is 13.5. The monoisotopic (exact) mass is 278 g/mol. The zero-order valence-electron chi connectivity index (χ0n) is 11.5. The predicted molar refractivity (Wildman–Crippen MR) is 72.4 cm³/mol. The lowest BCUT2D eigenvalue weighted by Crippen LogP contribution is -2.37. The van der Waals surface area contributed by atoms with Crippen LogP contribution in [0.2, 0.25) is 0 Å². The molecule has 5 heteroatoms. The minimum atomic E-state index is -0.284. The summed E-state index contributed by atoms with van der Waals surface area (Å²) in [4.78, 5) is 14.0. The zero-order valence-corrected chi connectivity index (χ0v) is 11.5. The molecule has 3 unspecified atom stereocenters. The predicted octanol–water partition coefficient (Wildman–Crippen LogP) is 1.82. The van der Waals surface area contributed by atoms with Crippen molar-refractivity contribution in [1.82, 2.24) is 10.2 Å². The third-order valence-electron chi connectivity index (χ3n) is 3.96. The Balaban J connectivity index is 1.81. The molecule has 2 aliphatic heterocycles. The van der Waals surface area contributed by atoms with Gasteiger partial charge in [-0.3, -0.25) is 10.1 Å². The van der Waals surface area contributed by atoms with E-state index in [1.165, 1.54) is 12.1 Å². The lowest BCUT2D eigenvalue weighted by molar-refractivity contribution is -0.131. The van der Waals surface area contributed by atoms with Gasteiger partial charge in [-0.2, -0.15) is 0 Å². The maximum absolute atomic E-state index is 13.4. The van der Waals surface area contributed by atoms with E-state index in [0.29, 0.717) is 6.54 Å². The average molecular weight is 278 g/mol. The molecule has 0 aromatic heterocycles. The van der Waals surface area contributed by atoms with E-state index in [1.807, 2.05) is 13.0 Å². The van der Waals surface area contributed by atoms with Gasteiger partial charge in [-0.1, -0.05) is 12.1 Å². The number of nitrogens with zero attached hydrogens (tertiary/aromatic N) is 1. The van der Waals surface area contributed by atoms with Crippen molar-refractivity contribution in [2.45, 2.75) is 38.1 Å². The van der Waals surface area contributed by atoms with Crippen LogP contribution in [0, 0.1) is 5.82 Å². The van der Waals surface area contributed by atoms with Crippen LogP contribution in [0.5, 0.6) is 0 Å². The number of hydrogen-bond donors (Lipinski definition) is 1. The molecule has 108 valence electrons. The molecule has 1 amide bonds. The van der Waals surface area contributed by atoms with E-state index in [2.05, 4.69) is 5.32 Å². The molecule has 0 radical (unpaired) electrons. The van der Waals surface area contributed by atoms with E-state index in [4.69, 9.17) is 4.74 Å². The summed E-state index contributed by atoms with van der Waals surface area (Å²) in [5.41, 5.74) is 0.778. The lowest BCUT2D eigenvalue weighted by Gasteiger charge is -2.27. The molecule has 0 saturated carbocycles. The van der Waals surface area contributed by atoms with E-state index in [0.717, 1.165) is 25.0 Å². The average Bonchev–Trinajstić information content (AvgIpc) is 3.03. The largest absolute Gasteiger partial charge is 0.376 e.